The fourth-order valence-electron chi connectivity index (χ4n) is 4.50. The van der Waals surface area contributed by atoms with Crippen molar-refractivity contribution in [3.8, 4) is 0 Å². The van der Waals surface area contributed by atoms with Crippen LogP contribution < -0.4 is 5.32 Å². The van der Waals surface area contributed by atoms with E-state index in [9.17, 15) is 9.59 Å². The Morgan fingerprint density at radius 2 is 1.50 bits per heavy atom. The maximum absolute atomic E-state index is 12.2. The molecule has 5 heteroatoms. The summed E-state index contributed by atoms with van der Waals surface area (Å²) in [5.41, 5.74) is 0. The van der Waals surface area contributed by atoms with Gasteiger partial charge >= 0.3 is 0 Å². The highest BCUT2D eigenvalue weighted by Crippen LogP contribution is 2.27. The number of nitrogens with one attached hydrogen (secondary N) is 1. The van der Waals surface area contributed by atoms with E-state index in [1.54, 1.807) is 0 Å². The molecule has 2 fully saturated rings. The van der Waals surface area contributed by atoms with Crippen molar-refractivity contribution in [1.82, 2.24) is 5.32 Å². The van der Waals surface area contributed by atoms with Gasteiger partial charge in [0.2, 0.25) is 5.91 Å². The fourth-order valence-corrected chi connectivity index (χ4v) is 4.50. The number of carbonyl (C=O) groups is 2. The van der Waals surface area contributed by atoms with Crippen molar-refractivity contribution in [3.05, 3.63) is 0 Å². The van der Waals surface area contributed by atoms with Crippen molar-refractivity contribution in [3.63, 3.8) is 0 Å². The minimum atomic E-state index is 0.119. The molecule has 1 N–H and O–H groups in total. The van der Waals surface area contributed by atoms with Gasteiger partial charge in [-0.1, -0.05) is 13.8 Å². The third-order valence-electron chi connectivity index (χ3n) is 6.05. The lowest BCUT2D eigenvalue weighted by Gasteiger charge is -2.30. The number of ether oxygens (including phenoxy) is 2. The maximum Gasteiger partial charge on any atom is 0.220 e. The Balaban J connectivity index is 1.51. The monoisotopic (exact) mass is 395 g/mol. The zero-order valence-electron chi connectivity index (χ0n) is 18.4. The summed E-state index contributed by atoms with van der Waals surface area (Å²) in [7, 11) is 0. The Morgan fingerprint density at radius 3 is 2.07 bits per heavy atom. The van der Waals surface area contributed by atoms with Gasteiger partial charge in [-0.25, -0.2) is 0 Å². The first-order valence-corrected chi connectivity index (χ1v) is 11.4. The van der Waals surface area contributed by atoms with E-state index >= 15 is 0 Å². The first kappa shape index (κ1) is 23.3. The van der Waals surface area contributed by atoms with Crippen molar-refractivity contribution >= 4 is 11.7 Å². The number of carbonyl (C=O) groups excluding carboxylic acids is 2. The summed E-state index contributed by atoms with van der Waals surface area (Å²) in [6.45, 7) is 8.78. The third kappa shape index (κ3) is 8.20. The van der Waals surface area contributed by atoms with Crippen LogP contribution in [0.1, 0.15) is 91.9 Å². The molecule has 162 valence electrons. The zero-order chi connectivity index (χ0) is 20.5. The second-order valence-corrected chi connectivity index (χ2v) is 9.23. The van der Waals surface area contributed by atoms with E-state index < -0.39 is 0 Å². The van der Waals surface area contributed by atoms with Gasteiger partial charge in [0.05, 0.1) is 18.3 Å². The molecule has 2 saturated carbocycles. The Hall–Kier alpha value is -0.940. The largest absolute Gasteiger partial charge is 0.378 e. The van der Waals surface area contributed by atoms with E-state index in [4.69, 9.17) is 9.47 Å². The van der Waals surface area contributed by atoms with Crippen LogP contribution in [0, 0.1) is 11.8 Å². The molecule has 0 atom stereocenters. The van der Waals surface area contributed by atoms with Crippen LogP contribution in [0.4, 0.5) is 0 Å². The van der Waals surface area contributed by atoms with Crippen LogP contribution in [0.25, 0.3) is 0 Å². The summed E-state index contributed by atoms with van der Waals surface area (Å²) in [6.07, 6.45) is 10.2. The summed E-state index contributed by atoms with van der Waals surface area (Å²) in [5, 5.41) is 3.15. The lowest BCUT2D eigenvalue weighted by atomic mass is 9.80. The molecular formula is C23H41NO4. The Kier molecular flexibility index (Phi) is 9.93. The summed E-state index contributed by atoms with van der Waals surface area (Å²) in [6, 6.07) is 0.237. The topological polar surface area (TPSA) is 64.6 Å². The van der Waals surface area contributed by atoms with Gasteiger partial charge in [0.15, 0.2) is 0 Å². The lowest BCUT2D eigenvalue weighted by Crippen LogP contribution is -2.39. The molecule has 1 amide bonds. The van der Waals surface area contributed by atoms with Crippen LogP contribution in [0.5, 0.6) is 0 Å². The number of rotatable bonds is 10. The predicted molar refractivity (Wildman–Crippen MR) is 111 cm³/mol. The van der Waals surface area contributed by atoms with Crippen molar-refractivity contribution < 1.29 is 19.1 Å². The molecule has 28 heavy (non-hydrogen) atoms. The highest BCUT2D eigenvalue weighted by Gasteiger charge is 2.28. The Morgan fingerprint density at radius 1 is 0.893 bits per heavy atom. The molecule has 0 radical (unpaired) electrons. The zero-order valence-corrected chi connectivity index (χ0v) is 18.4. The van der Waals surface area contributed by atoms with Gasteiger partial charge in [0.25, 0.3) is 0 Å². The number of Topliss-reactive ketones (excluding diaryl/α,β-unsaturated/α-hetero) is 1. The van der Waals surface area contributed by atoms with Crippen LogP contribution in [0.3, 0.4) is 0 Å². The molecule has 2 aliphatic carbocycles. The quantitative estimate of drug-likeness (QED) is 0.556. The smallest absolute Gasteiger partial charge is 0.220 e. The normalized spacial score (nSPS) is 28.5. The van der Waals surface area contributed by atoms with Crippen LogP contribution in [0.2, 0.25) is 0 Å². The SMILES string of the molecule is CC(C)OC1CCC(OCCCC(=O)NC2CCC(C(=O)C(C)C)CC2)CC1. The predicted octanol–water partition coefficient (Wildman–Crippen LogP) is 4.42. The van der Waals surface area contributed by atoms with Crippen LogP contribution >= 0.6 is 0 Å². The van der Waals surface area contributed by atoms with Gasteiger partial charge in [0.1, 0.15) is 5.78 Å². The van der Waals surface area contributed by atoms with Gasteiger partial charge in [-0.3, -0.25) is 9.59 Å². The van der Waals surface area contributed by atoms with Crippen molar-refractivity contribution in [1.29, 1.82) is 0 Å². The summed E-state index contributed by atoms with van der Waals surface area (Å²) in [5.74, 6) is 0.819. The fraction of sp³-hybridized carbons (Fsp3) is 0.913. The Labute approximate surface area is 171 Å². The van der Waals surface area contributed by atoms with Gasteiger partial charge in [-0.15, -0.1) is 0 Å². The molecule has 0 saturated heterocycles. The average Bonchev–Trinajstić information content (AvgIpc) is 2.66. The summed E-state index contributed by atoms with van der Waals surface area (Å²) >= 11 is 0. The standard InChI is InChI=1S/C23H41NO4/c1-16(2)23(26)18-7-9-19(10-8-18)24-22(25)6-5-15-27-20-11-13-21(14-12-20)28-17(3)4/h16-21H,5-15H2,1-4H3,(H,24,25). The van der Waals surface area contributed by atoms with Gasteiger partial charge < -0.3 is 14.8 Å². The van der Waals surface area contributed by atoms with E-state index in [-0.39, 0.29) is 23.8 Å². The molecular weight excluding hydrogens is 354 g/mol. The second-order valence-electron chi connectivity index (χ2n) is 9.23. The first-order valence-electron chi connectivity index (χ1n) is 11.4. The van der Waals surface area contributed by atoms with Gasteiger partial charge in [-0.2, -0.15) is 0 Å². The average molecular weight is 396 g/mol. The summed E-state index contributed by atoms with van der Waals surface area (Å²) < 4.78 is 11.8. The molecule has 2 aliphatic rings. The van der Waals surface area contributed by atoms with Crippen LogP contribution in [0.15, 0.2) is 0 Å². The molecule has 0 unspecified atom stereocenters. The minimum Gasteiger partial charge on any atom is -0.378 e. The number of ketones is 1. The summed E-state index contributed by atoms with van der Waals surface area (Å²) in [4.78, 5) is 24.3. The van der Waals surface area contributed by atoms with Crippen LogP contribution in [-0.4, -0.2) is 42.7 Å². The Bertz CT molecular complexity index is 475. The van der Waals surface area contributed by atoms with E-state index in [1.165, 1.54) is 0 Å². The molecule has 0 aromatic carbocycles. The third-order valence-corrected chi connectivity index (χ3v) is 6.05. The molecule has 5 nitrogen and oxygen atoms in total. The highest BCUT2D eigenvalue weighted by atomic mass is 16.5. The molecule has 0 aromatic rings. The molecule has 0 aromatic heterocycles. The molecule has 0 bridgehead atoms. The van der Waals surface area contributed by atoms with Crippen molar-refractivity contribution in [2.75, 3.05) is 6.61 Å². The molecule has 0 spiro atoms. The second kappa shape index (κ2) is 11.9. The number of hydrogen-bond donors (Lipinski definition) is 1. The van der Waals surface area contributed by atoms with Gasteiger partial charge in [-0.05, 0) is 71.6 Å². The molecule has 0 heterocycles. The lowest BCUT2D eigenvalue weighted by molar-refractivity contribution is -0.127. The van der Waals surface area contributed by atoms with Gasteiger partial charge in [0, 0.05) is 30.9 Å². The van der Waals surface area contributed by atoms with Crippen molar-refractivity contribution in [2.45, 2.75) is 116 Å². The number of hydrogen-bond acceptors (Lipinski definition) is 4. The van der Waals surface area contributed by atoms with E-state index in [0.29, 0.717) is 37.1 Å². The molecule has 0 aliphatic heterocycles. The number of amides is 1. The van der Waals surface area contributed by atoms with E-state index in [1.807, 2.05) is 13.8 Å². The maximum atomic E-state index is 12.2. The first-order chi connectivity index (χ1) is 13.3. The van der Waals surface area contributed by atoms with Crippen LogP contribution in [-0.2, 0) is 19.1 Å². The van der Waals surface area contributed by atoms with E-state index in [2.05, 4.69) is 19.2 Å². The van der Waals surface area contributed by atoms with Crippen molar-refractivity contribution in [2.24, 2.45) is 11.8 Å². The molecule has 2 rings (SSSR count). The minimum absolute atomic E-state index is 0.119. The highest BCUT2D eigenvalue weighted by molar-refractivity contribution is 5.83. The van der Waals surface area contributed by atoms with E-state index in [0.717, 1.165) is 57.8 Å².